The predicted molar refractivity (Wildman–Crippen MR) is 82.2 cm³/mol. The Morgan fingerprint density at radius 1 is 1.43 bits per heavy atom. The number of carbonyl (C=O) groups excluding carboxylic acids is 1. The fourth-order valence-corrected chi connectivity index (χ4v) is 3.62. The number of thioether (sulfide) groups is 1. The Morgan fingerprint density at radius 2 is 2.14 bits per heavy atom. The van der Waals surface area contributed by atoms with Crippen LogP contribution in [0.4, 0.5) is 0 Å². The van der Waals surface area contributed by atoms with Crippen LogP contribution in [0, 0.1) is 0 Å². The van der Waals surface area contributed by atoms with E-state index >= 15 is 0 Å². The summed E-state index contributed by atoms with van der Waals surface area (Å²) in [6, 6.07) is 0.682. The maximum Gasteiger partial charge on any atom is 0.233 e. The molecule has 0 N–H and O–H groups in total. The highest BCUT2D eigenvalue weighted by atomic mass is 32.2. The second-order valence-corrected chi connectivity index (χ2v) is 6.46. The molecular formula is C14H24N4O2S. The second-order valence-electron chi connectivity index (χ2n) is 5.52. The number of methoxy groups -OCH3 is 1. The summed E-state index contributed by atoms with van der Waals surface area (Å²) in [6.45, 7) is 5.59. The van der Waals surface area contributed by atoms with Gasteiger partial charge in [-0.3, -0.25) is 4.79 Å². The van der Waals surface area contributed by atoms with Crippen molar-refractivity contribution in [2.24, 2.45) is 0 Å². The molecule has 1 aromatic heterocycles. The van der Waals surface area contributed by atoms with Gasteiger partial charge in [-0.2, -0.15) is 0 Å². The van der Waals surface area contributed by atoms with Crippen LogP contribution in [-0.4, -0.2) is 57.1 Å². The molecule has 0 bridgehead atoms. The molecule has 0 aliphatic carbocycles. The number of aromatic nitrogens is 3. The van der Waals surface area contributed by atoms with Gasteiger partial charge in [0.25, 0.3) is 0 Å². The van der Waals surface area contributed by atoms with Gasteiger partial charge in [0.15, 0.2) is 5.16 Å². The third kappa shape index (κ3) is 4.20. The lowest BCUT2D eigenvalue weighted by atomic mass is 9.98. The molecule has 1 saturated heterocycles. The highest BCUT2D eigenvalue weighted by molar-refractivity contribution is 7.99. The van der Waals surface area contributed by atoms with Gasteiger partial charge in [0.2, 0.25) is 5.91 Å². The minimum Gasteiger partial charge on any atom is -0.383 e. The number of carbonyl (C=O) groups is 1. The van der Waals surface area contributed by atoms with Gasteiger partial charge < -0.3 is 14.2 Å². The summed E-state index contributed by atoms with van der Waals surface area (Å²) in [5.74, 6) is 0.612. The summed E-state index contributed by atoms with van der Waals surface area (Å²) in [5.41, 5.74) is 0. The first kappa shape index (κ1) is 16.3. The van der Waals surface area contributed by atoms with E-state index in [2.05, 4.69) is 24.0 Å². The maximum absolute atomic E-state index is 12.5. The molecule has 21 heavy (non-hydrogen) atoms. The van der Waals surface area contributed by atoms with Crippen molar-refractivity contribution in [1.29, 1.82) is 0 Å². The molecule has 0 saturated carbocycles. The van der Waals surface area contributed by atoms with Crippen LogP contribution in [0.3, 0.4) is 0 Å². The van der Waals surface area contributed by atoms with Crippen molar-refractivity contribution in [3.8, 4) is 0 Å². The van der Waals surface area contributed by atoms with Crippen LogP contribution in [0.15, 0.2) is 11.5 Å². The Morgan fingerprint density at radius 3 is 2.81 bits per heavy atom. The third-order valence-corrected chi connectivity index (χ3v) is 4.89. The molecule has 7 heteroatoms. The molecule has 1 aliphatic rings. The van der Waals surface area contributed by atoms with E-state index in [0.29, 0.717) is 31.0 Å². The van der Waals surface area contributed by atoms with E-state index in [1.165, 1.54) is 18.2 Å². The molecule has 0 spiro atoms. The minimum absolute atomic E-state index is 0.195. The number of nitrogens with zero attached hydrogens (tertiary/aromatic N) is 4. The fraction of sp³-hybridized carbons (Fsp3) is 0.786. The number of ether oxygens (including phenoxy) is 1. The van der Waals surface area contributed by atoms with Crippen molar-refractivity contribution in [3.63, 3.8) is 0 Å². The van der Waals surface area contributed by atoms with Crippen molar-refractivity contribution < 1.29 is 9.53 Å². The minimum atomic E-state index is 0.195. The van der Waals surface area contributed by atoms with Crippen LogP contribution in [-0.2, 0) is 16.1 Å². The van der Waals surface area contributed by atoms with Gasteiger partial charge in [-0.25, -0.2) is 0 Å². The van der Waals surface area contributed by atoms with E-state index in [-0.39, 0.29) is 5.91 Å². The molecule has 118 valence electrons. The van der Waals surface area contributed by atoms with Crippen LogP contribution in [0.2, 0.25) is 0 Å². The van der Waals surface area contributed by atoms with E-state index < -0.39 is 0 Å². The van der Waals surface area contributed by atoms with Crippen molar-refractivity contribution in [2.45, 2.75) is 56.9 Å². The Bertz CT molecular complexity index is 456. The first-order chi connectivity index (χ1) is 10.1. The van der Waals surface area contributed by atoms with Gasteiger partial charge in [0.05, 0.1) is 12.4 Å². The van der Waals surface area contributed by atoms with Gasteiger partial charge in [-0.05, 0) is 33.1 Å². The number of piperidine rings is 1. The Hall–Kier alpha value is -1.08. The van der Waals surface area contributed by atoms with Crippen LogP contribution in [0.1, 0.15) is 33.1 Å². The van der Waals surface area contributed by atoms with Gasteiger partial charge in [-0.1, -0.05) is 11.8 Å². The van der Waals surface area contributed by atoms with E-state index in [9.17, 15) is 4.79 Å². The van der Waals surface area contributed by atoms with Crippen LogP contribution in [0.5, 0.6) is 0 Å². The predicted octanol–water partition coefficient (Wildman–Crippen LogP) is 1.81. The summed E-state index contributed by atoms with van der Waals surface area (Å²) in [5, 5.41) is 8.76. The Balaban J connectivity index is 1.90. The molecule has 1 aliphatic heterocycles. The number of hydrogen-bond donors (Lipinski definition) is 0. The molecule has 2 atom stereocenters. The topological polar surface area (TPSA) is 60.2 Å². The summed E-state index contributed by atoms with van der Waals surface area (Å²) in [7, 11) is 1.67. The highest BCUT2D eigenvalue weighted by Crippen LogP contribution is 2.24. The van der Waals surface area contributed by atoms with Crippen molar-refractivity contribution in [3.05, 3.63) is 6.33 Å². The van der Waals surface area contributed by atoms with Crippen molar-refractivity contribution in [1.82, 2.24) is 19.7 Å². The smallest absolute Gasteiger partial charge is 0.233 e. The third-order valence-electron chi connectivity index (χ3n) is 3.92. The van der Waals surface area contributed by atoms with Crippen LogP contribution >= 0.6 is 11.8 Å². The molecule has 2 rings (SSSR count). The Labute approximate surface area is 130 Å². The quantitative estimate of drug-likeness (QED) is 0.750. The number of likely N-dealkylation sites (tertiary alicyclic amines) is 1. The van der Waals surface area contributed by atoms with Crippen LogP contribution < -0.4 is 0 Å². The highest BCUT2D eigenvalue weighted by Gasteiger charge is 2.28. The second kappa shape index (κ2) is 7.79. The number of hydrogen-bond acceptors (Lipinski definition) is 5. The zero-order valence-electron chi connectivity index (χ0n) is 13.0. The van der Waals surface area contributed by atoms with E-state index in [4.69, 9.17) is 4.74 Å². The zero-order valence-corrected chi connectivity index (χ0v) is 13.8. The lowest BCUT2D eigenvalue weighted by Gasteiger charge is -2.39. The molecule has 2 unspecified atom stereocenters. The first-order valence-electron chi connectivity index (χ1n) is 7.44. The van der Waals surface area contributed by atoms with Crippen LogP contribution in [0.25, 0.3) is 0 Å². The lowest BCUT2D eigenvalue weighted by Crippen LogP contribution is -2.48. The van der Waals surface area contributed by atoms with Gasteiger partial charge in [0.1, 0.15) is 6.33 Å². The van der Waals surface area contributed by atoms with E-state index in [0.717, 1.165) is 18.0 Å². The molecule has 1 aromatic rings. The summed E-state index contributed by atoms with van der Waals surface area (Å²) in [4.78, 5) is 14.5. The molecule has 0 aromatic carbocycles. The molecule has 1 fully saturated rings. The Kier molecular flexibility index (Phi) is 6.05. The summed E-state index contributed by atoms with van der Waals surface area (Å²) >= 11 is 1.45. The summed E-state index contributed by atoms with van der Waals surface area (Å²) in [6.07, 6.45) is 5.10. The van der Waals surface area contributed by atoms with E-state index in [1.807, 2.05) is 9.47 Å². The SMILES string of the molecule is COCCn1cnnc1SCC(=O)N1C(C)CCCC1C. The first-order valence-corrected chi connectivity index (χ1v) is 8.42. The van der Waals surface area contributed by atoms with E-state index in [1.54, 1.807) is 13.4 Å². The normalized spacial score (nSPS) is 22.5. The molecule has 1 amide bonds. The molecule has 6 nitrogen and oxygen atoms in total. The number of amides is 1. The standard InChI is InChI=1S/C14H24N4O2S/c1-11-5-4-6-12(2)18(11)13(19)9-21-14-16-15-10-17(14)7-8-20-3/h10-12H,4-9H2,1-3H3. The average Bonchev–Trinajstić information content (AvgIpc) is 2.90. The lowest BCUT2D eigenvalue weighted by molar-refractivity contribution is -0.134. The molecule has 2 heterocycles. The van der Waals surface area contributed by atoms with Gasteiger partial charge in [0, 0.05) is 25.7 Å². The van der Waals surface area contributed by atoms with Crippen molar-refractivity contribution in [2.75, 3.05) is 19.5 Å². The van der Waals surface area contributed by atoms with Crippen molar-refractivity contribution >= 4 is 17.7 Å². The molecule has 0 radical (unpaired) electrons. The maximum atomic E-state index is 12.5. The fourth-order valence-electron chi connectivity index (χ4n) is 2.81. The average molecular weight is 312 g/mol. The number of rotatable bonds is 6. The monoisotopic (exact) mass is 312 g/mol. The molecular weight excluding hydrogens is 288 g/mol. The summed E-state index contributed by atoms with van der Waals surface area (Å²) < 4.78 is 6.98. The zero-order chi connectivity index (χ0) is 15.2. The van der Waals surface area contributed by atoms with Gasteiger partial charge >= 0.3 is 0 Å². The van der Waals surface area contributed by atoms with Gasteiger partial charge in [-0.15, -0.1) is 10.2 Å². The largest absolute Gasteiger partial charge is 0.383 e.